The molecule has 0 aliphatic rings. The van der Waals surface area contributed by atoms with Crippen molar-refractivity contribution >= 4 is 17.6 Å². The minimum Gasteiger partial charge on any atom is -0.356 e. The van der Waals surface area contributed by atoms with Crippen molar-refractivity contribution in [3.05, 3.63) is 23.9 Å². The molecule has 18 heavy (non-hydrogen) atoms. The van der Waals surface area contributed by atoms with Crippen molar-refractivity contribution in [3.8, 4) is 0 Å². The van der Waals surface area contributed by atoms with Gasteiger partial charge in [-0.3, -0.25) is 0 Å². The third-order valence-electron chi connectivity index (χ3n) is 3.28. The first-order valence-corrected chi connectivity index (χ1v) is 7.90. The van der Waals surface area contributed by atoms with E-state index < -0.39 is 0 Å². The van der Waals surface area contributed by atoms with Gasteiger partial charge in [0.15, 0.2) is 0 Å². The first-order chi connectivity index (χ1) is 8.60. The molecule has 0 amide bonds. The van der Waals surface area contributed by atoms with Crippen LogP contribution in [0.15, 0.2) is 18.3 Å². The predicted molar refractivity (Wildman–Crippen MR) is 82.5 cm³/mol. The van der Waals surface area contributed by atoms with Crippen molar-refractivity contribution in [1.29, 1.82) is 0 Å². The fraction of sp³-hybridized carbons (Fsp3) is 0.643. The molecule has 0 spiro atoms. The van der Waals surface area contributed by atoms with Crippen LogP contribution in [-0.2, 0) is 6.42 Å². The smallest absolute Gasteiger partial charge is 0.131 e. The number of anilines is 1. The molecule has 0 aromatic carbocycles. The van der Waals surface area contributed by atoms with Crippen molar-refractivity contribution in [3.63, 3.8) is 0 Å². The number of hydrogen-bond acceptors (Lipinski definition) is 4. The molecule has 1 heterocycles. The highest BCUT2D eigenvalue weighted by atomic mass is 32.2. The van der Waals surface area contributed by atoms with Crippen LogP contribution in [0.3, 0.4) is 0 Å². The summed E-state index contributed by atoms with van der Waals surface area (Å²) in [6.07, 6.45) is 5.89. The number of rotatable bonds is 7. The first-order valence-electron chi connectivity index (χ1n) is 6.51. The van der Waals surface area contributed by atoms with Crippen molar-refractivity contribution < 1.29 is 0 Å². The van der Waals surface area contributed by atoms with Gasteiger partial charge in [0.2, 0.25) is 0 Å². The molecular formula is C14H25N3S. The Balaban J connectivity index is 2.86. The Morgan fingerprint density at radius 2 is 2.22 bits per heavy atom. The molecule has 0 aliphatic carbocycles. The topological polar surface area (TPSA) is 42.1 Å². The second-order valence-corrected chi connectivity index (χ2v) is 5.68. The largest absolute Gasteiger partial charge is 0.356 e. The average Bonchev–Trinajstić information content (AvgIpc) is 2.38. The number of aromatic nitrogens is 1. The zero-order valence-electron chi connectivity index (χ0n) is 11.9. The van der Waals surface area contributed by atoms with Crippen LogP contribution in [0.4, 0.5) is 5.82 Å². The van der Waals surface area contributed by atoms with Gasteiger partial charge in [-0.15, -0.1) is 0 Å². The maximum atomic E-state index is 6.06. The van der Waals surface area contributed by atoms with Crippen LogP contribution >= 0.6 is 11.8 Å². The third kappa shape index (κ3) is 4.18. The predicted octanol–water partition coefficient (Wildman–Crippen LogP) is 2.55. The summed E-state index contributed by atoms with van der Waals surface area (Å²) in [4.78, 5) is 6.79. The summed E-state index contributed by atoms with van der Waals surface area (Å²) in [6.45, 7) is 4.36. The van der Waals surface area contributed by atoms with Gasteiger partial charge in [-0.2, -0.15) is 11.8 Å². The van der Waals surface area contributed by atoms with Gasteiger partial charge in [0.05, 0.1) is 0 Å². The maximum Gasteiger partial charge on any atom is 0.131 e. The summed E-state index contributed by atoms with van der Waals surface area (Å²) in [7, 11) is 2.12. The van der Waals surface area contributed by atoms with E-state index in [1.165, 1.54) is 5.56 Å². The maximum absolute atomic E-state index is 6.06. The summed E-state index contributed by atoms with van der Waals surface area (Å²) in [5.41, 5.74) is 7.31. The van der Waals surface area contributed by atoms with E-state index in [-0.39, 0.29) is 6.04 Å². The minimum atomic E-state index is 0.220. The molecule has 2 unspecified atom stereocenters. The Labute approximate surface area is 115 Å². The van der Waals surface area contributed by atoms with Gasteiger partial charge in [0, 0.05) is 31.1 Å². The molecule has 0 fully saturated rings. The van der Waals surface area contributed by atoms with Crippen LogP contribution in [0, 0.1) is 0 Å². The normalized spacial score (nSPS) is 14.3. The molecule has 2 atom stereocenters. The molecule has 0 bridgehead atoms. The standard InChI is InChI=1S/C14H25N3S/c1-5-13(15)9-12-7-6-8-16-14(12)17(3)11(2)10-18-4/h6-8,11,13H,5,9-10,15H2,1-4H3. The molecule has 1 aromatic heterocycles. The summed E-state index contributed by atoms with van der Waals surface area (Å²) in [6, 6.07) is 4.83. The van der Waals surface area contributed by atoms with Crippen molar-refractivity contribution in [1.82, 2.24) is 4.98 Å². The van der Waals surface area contributed by atoms with Crippen LogP contribution in [0.5, 0.6) is 0 Å². The number of thioether (sulfide) groups is 1. The second kappa shape index (κ2) is 7.64. The van der Waals surface area contributed by atoms with E-state index in [0.717, 1.165) is 24.4 Å². The van der Waals surface area contributed by atoms with E-state index in [9.17, 15) is 0 Å². The van der Waals surface area contributed by atoms with Gasteiger partial charge in [-0.25, -0.2) is 4.98 Å². The molecule has 0 radical (unpaired) electrons. The minimum absolute atomic E-state index is 0.220. The Bertz CT molecular complexity index is 357. The lowest BCUT2D eigenvalue weighted by molar-refractivity contribution is 0.640. The summed E-state index contributed by atoms with van der Waals surface area (Å²) < 4.78 is 0. The van der Waals surface area contributed by atoms with E-state index in [1.807, 2.05) is 24.0 Å². The molecular weight excluding hydrogens is 242 g/mol. The zero-order valence-corrected chi connectivity index (χ0v) is 12.7. The molecule has 1 aromatic rings. The van der Waals surface area contributed by atoms with Crippen LogP contribution in [0.25, 0.3) is 0 Å². The highest BCUT2D eigenvalue weighted by Gasteiger charge is 2.15. The van der Waals surface area contributed by atoms with Crippen LogP contribution in [0.1, 0.15) is 25.8 Å². The molecule has 4 heteroatoms. The number of nitrogens with zero attached hydrogens (tertiary/aromatic N) is 2. The molecule has 0 saturated carbocycles. The SMILES string of the molecule is CCC(N)Cc1cccnc1N(C)C(C)CSC. The lowest BCUT2D eigenvalue weighted by Gasteiger charge is -2.27. The van der Waals surface area contributed by atoms with Gasteiger partial charge in [-0.1, -0.05) is 13.0 Å². The second-order valence-electron chi connectivity index (χ2n) is 4.77. The number of hydrogen-bond donors (Lipinski definition) is 1. The lowest BCUT2D eigenvalue weighted by atomic mass is 10.0. The van der Waals surface area contributed by atoms with Crippen molar-refractivity contribution in [2.24, 2.45) is 5.73 Å². The van der Waals surface area contributed by atoms with Crippen molar-refractivity contribution in [2.45, 2.75) is 38.8 Å². The monoisotopic (exact) mass is 267 g/mol. The quantitative estimate of drug-likeness (QED) is 0.824. The Kier molecular flexibility index (Phi) is 6.50. The fourth-order valence-electron chi connectivity index (χ4n) is 1.90. The molecule has 1 rings (SSSR count). The fourth-order valence-corrected chi connectivity index (χ4v) is 2.60. The van der Waals surface area contributed by atoms with E-state index in [1.54, 1.807) is 0 Å². The molecule has 0 saturated heterocycles. The summed E-state index contributed by atoms with van der Waals surface area (Å²) >= 11 is 1.86. The van der Waals surface area contributed by atoms with Crippen LogP contribution in [0.2, 0.25) is 0 Å². The number of nitrogens with two attached hydrogens (primary N) is 1. The zero-order chi connectivity index (χ0) is 13.5. The summed E-state index contributed by atoms with van der Waals surface area (Å²) in [5.74, 6) is 2.18. The van der Waals surface area contributed by atoms with E-state index in [2.05, 4.69) is 43.1 Å². The molecule has 0 aliphatic heterocycles. The van der Waals surface area contributed by atoms with Gasteiger partial charge in [0.1, 0.15) is 5.82 Å². The van der Waals surface area contributed by atoms with Crippen LogP contribution in [-0.4, -0.2) is 36.1 Å². The van der Waals surface area contributed by atoms with Crippen LogP contribution < -0.4 is 10.6 Å². The van der Waals surface area contributed by atoms with Gasteiger partial charge < -0.3 is 10.6 Å². The highest BCUT2D eigenvalue weighted by Crippen LogP contribution is 2.20. The average molecular weight is 267 g/mol. The van der Waals surface area contributed by atoms with E-state index >= 15 is 0 Å². The third-order valence-corrected chi connectivity index (χ3v) is 4.09. The Morgan fingerprint density at radius 1 is 1.50 bits per heavy atom. The molecule has 3 nitrogen and oxygen atoms in total. The van der Waals surface area contributed by atoms with E-state index in [0.29, 0.717) is 6.04 Å². The Hall–Kier alpha value is -0.740. The van der Waals surface area contributed by atoms with Gasteiger partial charge in [0.25, 0.3) is 0 Å². The molecule has 2 N–H and O–H groups in total. The first kappa shape index (κ1) is 15.3. The number of pyridine rings is 1. The summed E-state index contributed by atoms with van der Waals surface area (Å²) in [5, 5.41) is 0. The highest BCUT2D eigenvalue weighted by molar-refractivity contribution is 7.98. The van der Waals surface area contributed by atoms with Gasteiger partial charge >= 0.3 is 0 Å². The van der Waals surface area contributed by atoms with E-state index in [4.69, 9.17) is 5.73 Å². The van der Waals surface area contributed by atoms with Gasteiger partial charge in [-0.05, 0) is 37.7 Å². The lowest BCUT2D eigenvalue weighted by Crippen LogP contribution is -2.33. The molecule has 102 valence electrons. The Morgan fingerprint density at radius 3 is 2.83 bits per heavy atom. The van der Waals surface area contributed by atoms with Crippen molar-refractivity contribution in [2.75, 3.05) is 24.0 Å².